The Morgan fingerprint density at radius 2 is 1.67 bits per heavy atom. The quantitative estimate of drug-likeness (QED) is 0.735. The van der Waals surface area contributed by atoms with Crippen LogP contribution < -0.4 is 5.32 Å². The van der Waals surface area contributed by atoms with E-state index in [-0.39, 0.29) is 5.16 Å². The number of benzene rings is 2. The fourth-order valence-electron chi connectivity index (χ4n) is 2.28. The van der Waals surface area contributed by atoms with Crippen LogP contribution in [0.25, 0.3) is 11.3 Å². The van der Waals surface area contributed by atoms with Crippen LogP contribution in [-0.4, -0.2) is 24.6 Å². The number of anilines is 2. The molecule has 1 heterocycles. The second kappa shape index (κ2) is 6.41. The summed E-state index contributed by atoms with van der Waals surface area (Å²) < 4.78 is 23.9. The van der Waals surface area contributed by atoms with Crippen molar-refractivity contribution < 1.29 is 8.42 Å². The standard InChI is InChI=1S/C18H17N3O2S/c1-13-7-6-8-14(11-13)16-12-17(19-15-9-4-3-5-10-15)21-18(20-16)24(2,22)23/h3-12H,1-2H3,(H,19,20,21). The number of aryl methyl sites for hydroxylation is 1. The summed E-state index contributed by atoms with van der Waals surface area (Å²) in [7, 11) is -3.52. The van der Waals surface area contributed by atoms with Gasteiger partial charge in [0, 0.05) is 23.6 Å². The van der Waals surface area contributed by atoms with Crippen LogP contribution in [0.4, 0.5) is 11.5 Å². The van der Waals surface area contributed by atoms with E-state index in [0.29, 0.717) is 11.5 Å². The smallest absolute Gasteiger partial charge is 0.249 e. The molecule has 0 aliphatic rings. The lowest BCUT2D eigenvalue weighted by Gasteiger charge is -2.10. The molecule has 0 amide bonds. The van der Waals surface area contributed by atoms with Crippen LogP contribution in [0.2, 0.25) is 0 Å². The van der Waals surface area contributed by atoms with Gasteiger partial charge < -0.3 is 5.32 Å². The highest BCUT2D eigenvalue weighted by Gasteiger charge is 2.15. The van der Waals surface area contributed by atoms with Crippen LogP contribution >= 0.6 is 0 Å². The van der Waals surface area contributed by atoms with Crippen molar-refractivity contribution >= 4 is 21.3 Å². The topological polar surface area (TPSA) is 72.0 Å². The summed E-state index contributed by atoms with van der Waals surface area (Å²) in [6.07, 6.45) is 1.11. The molecule has 0 aliphatic carbocycles. The van der Waals surface area contributed by atoms with Gasteiger partial charge in [0.15, 0.2) is 0 Å². The number of hydrogen-bond acceptors (Lipinski definition) is 5. The molecule has 0 unspecified atom stereocenters. The Balaban J connectivity index is 2.10. The Labute approximate surface area is 141 Å². The van der Waals surface area contributed by atoms with Gasteiger partial charge in [0.1, 0.15) is 5.82 Å². The highest BCUT2D eigenvalue weighted by atomic mass is 32.2. The molecular weight excluding hydrogens is 322 g/mol. The molecule has 122 valence electrons. The van der Waals surface area contributed by atoms with Gasteiger partial charge in [-0.25, -0.2) is 18.4 Å². The molecule has 0 aliphatic heterocycles. The molecule has 1 N–H and O–H groups in total. The highest BCUT2D eigenvalue weighted by molar-refractivity contribution is 7.90. The van der Waals surface area contributed by atoms with Crippen molar-refractivity contribution in [3.8, 4) is 11.3 Å². The van der Waals surface area contributed by atoms with Gasteiger partial charge in [0.05, 0.1) is 5.69 Å². The second-order valence-electron chi connectivity index (χ2n) is 5.55. The van der Waals surface area contributed by atoms with E-state index in [0.717, 1.165) is 23.1 Å². The van der Waals surface area contributed by atoms with Gasteiger partial charge >= 0.3 is 0 Å². The molecule has 1 aromatic heterocycles. The predicted octanol–water partition coefficient (Wildman–Crippen LogP) is 3.60. The molecule has 3 rings (SSSR count). The summed E-state index contributed by atoms with van der Waals surface area (Å²) >= 11 is 0. The van der Waals surface area contributed by atoms with Crippen LogP contribution in [-0.2, 0) is 9.84 Å². The lowest BCUT2D eigenvalue weighted by Crippen LogP contribution is -2.07. The van der Waals surface area contributed by atoms with E-state index in [9.17, 15) is 8.42 Å². The fourth-order valence-corrected chi connectivity index (χ4v) is 2.80. The molecule has 0 bridgehead atoms. The average molecular weight is 339 g/mol. The van der Waals surface area contributed by atoms with Crippen molar-refractivity contribution in [2.75, 3.05) is 11.6 Å². The number of para-hydroxylation sites is 1. The van der Waals surface area contributed by atoms with E-state index in [4.69, 9.17) is 0 Å². The van der Waals surface area contributed by atoms with Gasteiger partial charge in [0.25, 0.3) is 0 Å². The molecule has 0 fully saturated rings. The summed E-state index contributed by atoms with van der Waals surface area (Å²) in [5.41, 5.74) is 3.31. The van der Waals surface area contributed by atoms with Gasteiger partial charge in [-0.3, -0.25) is 0 Å². The van der Waals surface area contributed by atoms with Gasteiger partial charge in [-0.05, 0) is 25.1 Å². The van der Waals surface area contributed by atoms with E-state index < -0.39 is 9.84 Å². The number of nitrogens with one attached hydrogen (secondary N) is 1. The van der Waals surface area contributed by atoms with Gasteiger partial charge in [0.2, 0.25) is 15.0 Å². The third kappa shape index (κ3) is 3.78. The Hall–Kier alpha value is -2.73. The van der Waals surface area contributed by atoms with Crippen molar-refractivity contribution in [2.24, 2.45) is 0 Å². The van der Waals surface area contributed by atoms with Crippen molar-refractivity contribution in [1.82, 2.24) is 9.97 Å². The van der Waals surface area contributed by atoms with Crippen LogP contribution in [0.5, 0.6) is 0 Å². The molecule has 2 aromatic carbocycles. The molecule has 24 heavy (non-hydrogen) atoms. The molecule has 0 saturated heterocycles. The maximum absolute atomic E-state index is 11.9. The Morgan fingerprint density at radius 1 is 0.917 bits per heavy atom. The number of rotatable bonds is 4. The lowest BCUT2D eigenvalue weighted by molar-refractivity contribution is 0.593. The van der Waals surface area contributed by atoms with Gasteiger partial charge in [-0.2, -0.15) is 0 Å². The highest BCUT2D eigenvalue weighted by Crippen LogP contribution is 2.24. The summed E-state index contributed by atoms with van der Waals surface area (Å²) in [6, 6.07) is 19.0. The summed E-state index contributed by atoms with van der Waals surface area (Å²) in [5.74, 6) is 0.438. The van der Waals surface area contributed by atoms with Crippen LogP contribution in [0.3, 0.4) is 0 Å². The first-order chi connectivity index (χ1) is 11.4. The third-order valence-electron chi connectivity index (χ3n) is 3.40. The van der Waals surface area contributed by atoms with Gasteiger partial charge in [-0.1, -0.05) is 42.0 Å². The minimum Gasteiger partial charge on any atom is -0.340 e. The number of nitrogens with zero attached hydrogens (tertiary/aromatic N) is 2. The Kier molecular flexibility index (Phi) is 4.31. The number of sulfone groups is 1. The lowest BCUT2D eigenvalue weighted by atomic mass is 10.1. The molecule has 0 spiro atoms. The minimum atomic E-state index is -3.52. The van der Waals surface area contributed by atoms with E-state index in [1.54, 1.807) is 6.07 Å². The molecule has 5 nitrogen and oxygen atoms in total. The first-order valence-corrected chi connectivity index (χ1v) is 9.29. The zero-order valence-electron chi connectivity index (χ0n) is 13.4. The first-order valence-electron chi connectivity index (χ1n) is 7.40. The zero-order chi connectivity index (χ0) is 17.2. The Bertz CT molecular complexity index is 971. The number of aromatic nitrogens is 2. The Morgan fingerprint density at radius 3 is 2.33 bits per heavy atom. The van der Waals surface area contributed by atoms with E-state index in [1.165, 1.54) is 0 Å². The van der Waals surface area contributed by atoms with Crippen molar-refractivity contribution in [1.29, 1.82) is 0 Å². The van der Waals surface area contributed by atoms with Crippen LogP contribution in [0, 0.1) is 6.92 Å². The third-order valence-corrected chi connectivity index (χ3v) is 4.24. The minimum absolute atomic E-state index is 0.195. The maximum Gasteiger partial charge on any atom is 0.249 e. The summed E-state index contributed by atoms with van der Waals surface area (Å²) in [5, 5.41) is 2.93. The number of hydrogen-bond donors (Lipinski definition) is 1. The molecule has 0 radical (unpaired) electrons. The van der Waals surface area contributed by atoms with E-state index in [1.807, 2.05) is 61.5 Å². The van der Waals surface area contributed by atoms with Gasteiger partial charge in [-0.15, -0.1) is 0 Å². The van der Waals surface area contributed by atoms with Crippen LogP contribution in [0.1, 0.15) is 5.56 Å². The second-order valence-corrected chi connectivity index (χ2v) is 7.46. The molecule has 6 heteroatoms. The van der Waals surface area contributed by atoms with Crippen molar-refractivity contribution in [2.45, 2.75) is 12.1 Å². The molecule has 0 atom stereocenters. The largest absolute Gasteiger partial charge is 0.340 e. The normalized spacial score (nSPS) is 11.2. The SMILES string of the molecule is Cc1cccc(-c2cc(Nc3ccccc3)nc(S(C)(=O)=O)n2)c1. The summed E-state index contributed by atoms with van der Waals surface area (Å²) in [6.45, 7) is 1.98. The van der Waals surface area contributed by atoms with Crippen LogP contribution in [0.15, 0.2) is 65.8 Å². The zero-order valence-corrected chi connectivity index (χ0v) is 14.2. The fraction of sp³-hybridized carbons (Fsp3) is 0.111. The maximum atomic E-state index is 11.9. The molecular formula is C18H17N3O2S. The average Bonchev–Trinajstić information content (AvgIpc) is 2.55. The van der Waals surface area contributed by atoms with Crippen molar-refractivity contribution in [3.05, 3.63) is 66.2 Å². The monoisotopic (exact) mass is 339 g/mol. The van der Waals surface area contributed by atoms with E-state index >= 15 is 0 Å². The first kappa shape index (κ1) is 16.1. The molecule has 3 aromatic rings. The summed E-state index contributed by atoms with van der Waals surface area (Å²) in [4.78, 5) is 8.36. The predicted molar refractivity (Wildman–Crippen MR) is 95.0 cm³/mol. The van der Waals surface area contributed by atoms with Crippen molar-refractivity contribution in [3.63, 3.8) is 0 Å². The molecule has 0 saturated carbocycles. The van der Waals surface area contributed by atoms with E-state index in [2.05, 4.69) is 15.3 Å².